The van der Waals surface area contributed by atoms with Crippen molar-refractivity contribution in [1.29, 1.82) is 0 Å². The second-order valence-corrected chi connectivity index (χ2v) is 9.88. The van der Waals surface area contributed by atoms with Gasteiger partial charge >= 0.3 is 0 Å². The number of aryl methyl sites for hydroxylation is 1. The first kappa shape index (κ1) is 22.7. The van der Waals surface area contributed by atoms with E-state index in [2.05, 4.69) is 24.3 Å². The second-order valence-electron chi connectivity index (χ2n) is 9.44. The third-order valence-electron chi connectivity index (χ3n) is 7.15. The molecule has 0 aromatic heterocycles. The molecule has 0 atom stereocenters. The van der Waals surface area contributed by atoms with Crippen molar-refractivity contribution in [2.24, 2.45) is 0 Å². The van der Waals surface area contributed by atoms with Gasteiger partial charge in [0, 0.05) is 43.3 Å². The lowest BCUT2D eigenvalue weighted by Crippen LogP contribution is -2.52. The van der Waals surface area contributed by atoms with E-state index < -0.39 is 5.60 Å². The van der Waals surface area contributed by atoms with Gasteiger partial charge in [-0.25, -0.2) is 0 Å². The van der Waals surface area contributed by atoms with Gasteiger partial charge in [-0.1, -0.05) is 72.3 Å². The molecule has 3 aromatic carbocycles. The number of Topliss-reactive ketones (excluding diaryl/α,β-unsaturated/α-hetero) is 1. The fraction of sp³-hybridized carbons (Fsp3) is 0.310. The van der Waals surface area contributed by atoms with Crippen molar-refractivity contribution in [3.63, 3.8) is 0 Å². The van der Waals surface area contributed by atoms with Gasteiger partial charge < -0.3 is 9.64 Å². The van der Waals surface area contributed by atoms with E-state index in [1.54, 1.807) is 6.07 Å². The van der Waals surface area contributed by atoms with E-state index in [9.17, 15) is 9.59 Å². The number of halogens is 1. The molecule has 1 amide bonds. The quantitative estimate of drug-likeness (QED) is 0.453. The van der Waals surface area contributed by atoms with Crippen LogP contribution in [0.4, 0.5) is 0 Å². The van der Waals surface area contributed by atoms with Gasteiger partial charge in [0.2, 0.25) is 5.91 Å². The van der Waals surface area contributed by atoms with Crippen LogP contribution in [0.5, 0.6) is 5.75 Å². The number of amides is 1. The Morgan fingerprint density at radius 1 is 1.00 bits per heavy atom. The second kappa shape index (κ2) is 9.27. The Bertz CT molecular complexity index is 1160. The van der Waals surface area contributed by atoms with Gasteiger partial charge in [0.05, 0.1) is 12.0 Å². The molecule has 0 N–H and O–H groups in total. The van der Waals surface area contributed by atoms with Gasteiger partial charge in [-0.05, 0) is 35.7 Å². The summed E-state index contributed by atoms with van der Waals surface area (Å²) in [5.74, 6) is 0.865. The average Bonchev–Trinajstić information content (AvgIpc) is 2.85. The molecule has 0 unspecified atom stereocenters. The summed E-state index contributed by atoms with van der Waals surface area (Å²) in [7, 11) is 0. The molecule has 5 rings (SSSR count). The largest absolute Gasteiger partial charge is 0.486 e. The first-order valence-electron chi connectivity index (χ1n) is 11.8. The smallest absolute Gasteiger partial charge is 0.223 e. The van der Waals surface area contributed by atoms with E-state index in [0.717, 1.165) is 16.7 Å². The van der Waals surface area contributed by atoms with Crippen LogP contribution in [0.2, 0.25) is 5.02 Å². The van der Waals surface area contributed by atoms with Crippen LogP contribution in [0.15, 0.2) is 72.8 Å². The zero-order valence-electron chi connectivity index (χ0n) is 19.3. The number of fused-ring (bicyclic) bond motifs is 1. The van der Waals surface area contributed by atoms with Crippen molar-refractivity contribution in [2.75, 3.05) is 13.1 Å². The minimum absolute atomic E-state index is 0.0116. The lowest BCUT2D eigenvalue weighted by molar-refractivity contribution is -0.135. The van der Waals surface area contributed by atoms with Crippen LogP contribution >= 0.6 is 11.6 Å². The molecule has 174 valence electrons. The van der Waals surface area contributed by atoms with Crippen molar-refractivity contribution in [1.82, 2.24) is 4.90 Å². The molecule has 0 saturated carbocycles. The molecule has 1 saturated heterocycles. The lowest BCUT2D eigenvalue weighted by atomic mass is 9.81. The number of ether oxygens (including phenoxy) is 1. The van der Waals surface area contributed by atoms with Gasteiger partial charge in [0.25, 0.3) is 0 Å². The highest BCUT2D eigenvalue weighted by Crippen LogP contribution is 2.42. The standard InChI is InChI=1S/C29H28ClNO3/c1-20-16-23(30)17-25-26(32)19-29(34-28(20)25)12-14-31(15-13-29)27(33)18-24(21-8-4-2-5-9-21)22-10-6-3-7-11-22/h2-11,16-17,24H,12-15,18-19H2,1H3. The van der Waals surface area contributed by atoms with Crippen LogP contribution < -0.4 is 4.74 Å². The predicted octanol–water partition coefficient (Wildman–Crippen LogP) is 6.20. The van der Waals surface area contributed by atoms with Crippen molar-refractivity contribution in [3.05, 3.63) is 100 Å². The van der Waals surface area contributed by atoms with Crippen molar-refractivity contribution in [2.45, 2.75) is 44.1 Å². The van der Waals surface area contributed by atoms with Crippen LogP contribution in [0.1, 0.15) is 58.6 Å². The molecule has 2 heterocycles. The van der Waals surface area contributed by atoms with Gasteiger partial charge in [0.1, 0.15) is 11.4 Å². The molecule has 5 heteroatoms. The highest BCUT2D eigenvalue weighted by Gasteiger charge is 2.44. The summed E-state index contributed by atoms with van der Waals surface area (Å²) in [5, 5.41) is 0.552. The van der Waals surface area contributed by atoms with Crippen LogP contribution in [0.25, 0.3) is 0 Å². The number of hydrogen-bond acceptors (Lipinski definition) is 3. The minimum atomic E-state index is -0.544. The maximum Gasteiger partial charge on any atom is 0.223 e. The minimum Gasteiger partial charge on any atom is -0.486 e. The Kier molecular flexibility index (Phi) is 6.18. The number of carbonyl (C=O) groups is 2. The fourth-order valence-electron chi connectivity index (χ4n) is 5.26. The van der Waals surface area contributed by atoms with E-state index >= 15 is 0 Å². The van der Waals surface area contributed by atoms with Crippen LogP contribution in [0, 0.1) is 6.92 Å². The summed E-state index contributed by atoms with van der Waals surface area (Å²) in [5.41, 5.74) is 3.19. The molecule has 3 aromatic rings. The Balaban J connectivity index is 1.30. The van der Waals surface area contributed by atoms with E-state index in [-0.39, 0.29) is 17.6 Å². The molecule has 2 aliphatic rings. The number of benzene rings is 3. The summed E-state index contributed by atoms with van der Waals surface area (Å²) < 4.78 is 6.45. The average molecular weight is 474 g/mol. The molecular weight excluding hydrogens is 446 g/mol. The van der Waals surface area contributed by atoms with Gasteiger partial charge in [-0.15, -0.1) is 0 Å². The number of ketones is 1. The van der Waals surface area contributed by atoms with Gasteiger partial charge in [-0.3, -0.25) is 9.59 Å². The summed E-state index contributed by atoms with van der Waals surface area (Å²) in [6.07, 6.45) is 2.04. The van der Waals surface area contributed by atoms with Crippen LogP contribution in [-0.2, 0) is 4.79 Å². The Morgan fingerprint density at radius 3 is 2.18 bits per heavy atom. The number of carbonyl (C=O) groups excluding carboxylic acids is 2. The van der Waals surface area contributed by atoms with E-state index in [1.165, 1.54) is 0 Å². The summed E-state index contributed by atoms with van der Waals surface area (Å²) in [4.78, 5) is 28.2. The number of rotatable bonds is 4. The zero-order valence-corrected chi connectivity index (χ0v) is 20.1. The Hall–Kier alpha value is -3.11. The molecule has 1 spiro atoms. The third kappa shape index (κ3) is 4.47. The van der Waals surface area contributed by atoms with Gasteiger partial charge in [0.15, 0.2) is 5.78 Å². The third-order valence-corrected chi connectivity index (χ3v) is 7.37. The maximum atomic E-state index is 13.4. The lowest BCUT2D eigenvalue weighted by Gasteiger charge is -2.44. The Morgan fingerprint density at radius 2 is 1.59 bits per heavy atom. The summed E-state index contributed by atoms with van der Waals surface area (Å²) >= 11 is 6.16. The topological polar surface area (TPSA) is 46.6 Å². The zero-order chi connectivity index (χ0) is 23.7. The molecular formula is C29H28ClNO3. The van der Waals surface area contributed by atoms with Gasteiger partial charge in [-0.2, -0.15) is 0 Å². The summed E-state index contributed by atoms with van der Waals surface area (Å²) in [6, 6.07) is 23.9. The van der Waals surface area contributed by atoms with Crippen LogP contribution in [-0.4, -0.2) is 35.3 Å². The molecule has 0 aliphatic carbocycles. The highest BCUT2D eigenvalue weighted by molar-refractivity contribution is 6.31. The molecule has 0 bridgehead atoms. The monoisotopic (exact) mass is 473 g/mol. The van der Waals surface area contributed by atoms with Crippen molar-refractivity contribution >= 4 is 23.3 Å². The number of likely N-dealkylation sites (tertiary alicyclic amines) is 1. The number of piperidine rings is 1. The van der Waals surface area contributed by atoms with E-state index in [1.807, 2.05) is 54.3 Å². The Labute approximate surface area is 205 Å². The highest BCUT2D eigenvalue weighted by atomic mass is 35.5. The summed E-state index contributed by atoms with van der Waals surface area (Å²) in [6.45, 7) is 3.09. The molecule has 34 heavy (non-hydrogen) atoms. The van der Waals surface area contributed by atoms with Crippen molar-refractivity contribution < 1.29 is 14.3 Å². The SMILES string of the molecule is Cc1cc(Cl)cc2c1OC1(CCN(C(=O)CC(c3ccccc3)c3ccccc3)CC1)CC2=O. The predicted molar refractivity (Wildman–Crippen MR) is 134 cm³/mol. The molecule has 0 radical (unpaired) electrons. The molecule has 1 fully saturated rings. The molecule has 4 nitrogen and oxygen atoms in total. The molecule has 2 aliphatic heterocycles. The first-order chi connectivity index (χ1) is 16.4. The first-order valence-corrected chi connectivity index (χ1v) is 12.2. The normalized spacial score (nSPS) is 16.9. The van der Waals surface area contributed by atoms with E-state index in [0.29, 0.717) is 55.1 Å². The fourth-order valence-corrected chi connectivity index (χ4v) is 5.53. The van der Waals surface area contributed by atoms with E-state index in [4.69, 9.17) is 16.3 Å². The number of hydrogen-bond donors (Lipinski definition) is 0. The van der Waals surface area contributed by atoms with Crippen LogP contribution in [0.3, 0.4) is 0 Å². The van der Waals surface area contributed by atoms with Crippen molar-refractivity contribution in [3.8, 4) is 5.75 Å². The number of nitrogens with zero attached hydrogens (tertiary/aromatic N) is 1. The maximum absolute atomic E-state index is 13.4.